The molecule has 0 saturated heterocycles. The van der Waals surface area contributed by atoms with Gasteiger partial charge in [0.2, 0.25) is 5.91 Å². The number of hydrogen-bond acceptors (Lipinski definition) is 3. The van der Waals surface area contributed by atoms with Gasteiger partial charge in [0.05, 0.1) is 0 Å². The average molecular weight is 330 g/mol. The minimum Gasteiger partial charge on any atom is -0.480 e. The number of carbonyl (C=O) groups is 3. The number of rotatable bonds is 7. The highest BCUT2D eigenvalue weighted by Gasteiger charge is 2.39. The molecule has 24 heavy (non-hydrogen) atoms. The van der Waals surface area contributed by atoms with E-state index in [1.165, 1.54) is 0 Å². The lowest BCUT2D eigenvalue weighted by atomic mass is 10.1. The Morgan fingerprint density at radius 1 is 1.29 bits per heavy atom. The topological polar surface area (TPSA) is 95.5 Å². The first-order valence-electron chi connectivity index (χ1n) is 8.38. The van der Waals surface area contributed by atoms with Gasteiger partial charge in [0.25, 0.3) is 5.91 Å². The second-order valence-electron chi connectivity index (χ2n) is 6.93. The Balaban J connectivity index is 1.62. The molecule has 0 heterocycles. The Bertz CT molecular complexity index is 669. The SMILES string of the molecule is CC1CC1C(=O)Nc1cccc(C(=O)NC(CC2CC2)C(=O)O)c1. The van der Waals surface area contributed by atoms with E-state index in [-0.39, 0.29) is 11.8 Å². The summed E-state index contributed by atoms with van der Waals surface area (Å²) in [7, 11) is 0. The fraction of sp³-hybridized carbons (Fsp3) is 0.500. The molecule has 3 unspecified atom stereocenters. The number of hydrogen-bond donors (Lipinski definition) is 3. The van der Waals surface area contributed by atoms with Crippen LogP contribution in [-0.4, -0.2) is 28.9 Å². The summed E-state index contributed by atoms with van der Waals surface area (Å²) in [5.74, 6) is -0.608. The molecule has 1 aromatic rings. The van der Waals surface area contributed by atoms with Crippen molar-refractivity contribution in [3.05, 3.63) is 29.8 Å². The quantitative estimate of drug-likeness (QED) is 0.714. The molecule has 128 valence electrons. The molecule has 3 N–H and O–H groups in total. The van der Waals surface area contributed by atoms with Crippen molar-refractivity contribution in [2.45, 2.75) is 38.6 Å². The van der Waals surface area contributed by atoms with Crippen LogP contribution in [0.15, 0.2) is 24.3 Å². The van der Waals surface area contributed by atoms with Crippen molar-refractivity contribution in [2.75, 3.05) is 5.32 Å². The third kappa shape index (κ3) is 4.13. The molecule has 0 radical (unpaired) electrons. The van der Waals surface area contributed by atoms with Crippen LogP contribution in [0.4, 0.5) is 5.69 Å². The number of benzene rings is 1. The zero-order valence-electron chi connectivity index (χ0n) is 13.6. The third-order valence-corrected chi connectivity index (χ3v) is 4.71. The van der Waals surface area contributed by atoms with Crippen LogP contribution >= 0.6 is 0 Å². The van der Waals surface area contributed by atoms with Crippen molar-refractivity contribution in [1.82, 2.24) is 5.32 Å². The molecule has 0 aromatic heterocycles. The number of carboxylic acid groups (broad SMARTS) is 1. The van der Waals surface area contributed by atoms with Crippen LogP contribution in [-0.2, 0) is 9.59 Å². The fourth-order valence-corrected chi connectivity index (χ4v) is 2.81. The van der Waals surface area contributed by atoms with E-state index in [1.54, 1.807) is 24.3 Å². The molecule has 3 rings (SSSR count). The highest BCUT2D eigenvalue weighted by Crippen LogP contribution is 2.38. The molecular weight excluding hydrogens is 308 g/mol. The Kier molecular flexibility index (Phi) is 4.55. The number of anilines is 1. The van der Waals surface area contributed by atoms with E-state index < -0.39 is 17.9 Å². The number of aliphatic carboxylic acids is 1. The molecule has 1 aromatic carbocycles. The van der Waals surface area contributed by atoms with E-state index in [1.807, 2.05) is 6.92 Å². The summed E-state index contributed by atoms with van der Waals surface area (Å²) in [4.78, 5) is 35.6. The van der Waals surface area contributed by atoms with Gasteiger partial charge in [-0.05, 0) is 42.9 Å². The van der Waals surface area contributed by atoms with E-state index in [2.05, 4.69) is 10.6 Å². The first-order valence-corrected chi connectivity index (χ1v) is 8.38. The Labute approximate surface area is 140 Å². The molecule has 0 spiro atoms. The number of amides is 2. The van der Waals surface area contributed by atoms with Crippen molar-refractivity contribution in [1.29, 1.82) is 0 Å². The summed E-state index contributed by atoms with van der Waals surface area (Å²) in [6.07, 6.45) is 3.42. The smallest absolute Gasteiger partial charge is 0.326 e. The summed E-state index contributed by atoms with van der Waals surface area (Å²) in [6.45, 7) is 2.03. The van der Waals surface area contributed by atoms with Crippen molar-refractivity contribution >= 4 is 23.5 Å². The third-order valence-electron chi connectivity index (χ3n) is 4.71. The standard InChI is InChI=1S/C18H22N2O4/c1-10-7-14(10)17(22)19-13-4-2-3-12(9-13)16(21)20-15(18(23)24)8-11-5-6-11/h2-4,9-11,14-15H,5-8H2,1H3,(H,19,22)(H,20,21)(H,23,24). The molecule has 6 heteroatoms. The maximum atomic E-state index is 12.3. The lowest BCUT2D eigenvalue weighted by Crippen LogP contribution is -2.41. The van der Waals surface area contributed by atoms with E-state index >= 15 is 0 Å². The highest BCUT2D eigenvalue weighted by molar-refractivity contribution is 5.99. The molecule has 3 atom stereocenters. The molecule has 0 bridgehead atoms. The second-order valence-corrected chi connectivity index (χ2v) is 6.93. The zero-order chi connectivity index (χ0) is 17.3. The van der Waals surface area contributed by atoms with Crippen LogP contribution in [0, 0.1) is 17.8 Å². The first kappa shape index (κ1) is 16.5. The van der Waals surface area contributed by atoms with Gasteiger partial charge in [-0.25, -0.2) is 4.79 Å². The van der Waals surface area contributed by atoms with Crippen LogP contribution in [0.1, 0.15) is 43.0 Å². The molecule has 2 aliphatic carbocycles. The predicted molar refractivity (Wildman–Crippen MR) is 88.6 cm³/mol. The average Bonchev–Trinajstić information content (AvgIpc) is 3.44. The van der Waals surface area contributed by atoms with Crippen molar-refractivity contribution in [3.8, 4) is 0 Å². The van der Waals surface area contributed by atoms with Crippen molar-refractivity contribution < 1.29 is 19.5 Å². The first-order chi connectivity index (χ1) is 11.4. The maximum Gasteiger partial charge on any atom is 0.326 e. The lowest BCUT2D eigenvalue weighted by Gasteiger charge is -2.14. The van der Waals surface area contributed by atoms with Gasteiger partial charge >= 0.3 is 5.97 Å². The van der Waals surface area contributed by atoms with Crippen LogP contribution in [0.3, 0.4) is 0 Å². The summed E-state index contributed by atoms with van der Waals surface area (Å²) >= 11 is 0. The van der Waals surface area contributed by atoms with Gasteiger partial charge in [-0.3, -0.25) is 9.59 Å². The lowest BCUT2D eigenvalue weighted by molar-refractivity contribution is -0.139. The fourth-order valence-electron chi connectivity index (χ4n) is 2.81. The Hall–Kier alpha value is -2.37. The number of carboxylic acids is 1. The van der Waals surface area contributed by atoms with Crippen LogP contribution in [0.25, 0.3) is 0 Å². The van der Waals surface area contributed by atoms with Crippen molar-refractivity contribution in [3.63, 3.8) is 0 Å². The Morgan fingerprint density at radius 3 is 2.58 bits per heavy atom. The predicted octanol–water partition coefficient (Wildman–Crippen LogP) is 2.26. The summed E-state index contributed by atoms with van der Waals surface area (Å²) in [6, 6.07) is 5.73. The number of nitrogens with one attached hydrogen (secondary N) is 2. The zero-order valence-corrected chi connectivity index (χ0v) is 13.6. The minimum atomic E-state index is -1.01. The van der Waals surface area contributed by atoms with Gasteiger partial charge in [-0.2, -0.15) is 0 Å². The van der Waals surface area contributed by atoms with E-state index in [4.69, 9.17) is 0 Å². The molecule has 2 saturated carbocycles. The van der Waals surface area contributed by atoms with Gasteiger partial charge < -0.3 is 15.7 Å². The van der Waals surface area contributed by atoms with Crippen LogP contribution < -0.4 is 10.6 Å². The molecule has 2 fully saturated rings. The Morgan fingerprint density at radius 2 is 2.00 bits per heavy atom. The van der Waals surface area contributed by atoms with Crippen LogP contribution in [0.2, 0.25) is 0 Å². The van der Waals surface area contributed by atoms with E-state index in [9.17, 15) is 19.5 Å². The molecule has 2 aliphatic rings. The van der Waals surface area contributed by atoms with Crippen molar-refractivity contribution in [2.24, 2.45) is 17.8 Å². The minimum absolute atomic E-state index is 0.0304. The molecule has 6 nitrogen and oxygen atoms in total. The van der Waals surface area contributed by atoms with E-state index in [0.717, 1.165) is 19.3 Å². The highest BCUT2D eigenvalue weighted by atomic mass is 16.4. The van der Waals surface area contributed by atoms with Gasteiger partial charge in [0.1, 0.15) is 6.04 Å². The summed E-state index contributed by atoms with van der Waals surface area (Å²) in [5, 5.41) is 14.6. The molecule has 2 amide bonds. The molecular formula is C18H22N2O4. The largest absolute Gasteiger partial charge is 0.480 e. The summed E-state index contributed by atoms with van der Waals surface area (Å²) in [5.41, 5.74) is 0.902. The second kappa shape index (κ2) is 6.63. The number of carbonyl (C=O) groups excluding carboxylic acids is 2. The van der Waals surface area contributed by atoms with Gasteiger partial charge in [0.15, 0.2) is 0 Å². The van der Waals surface area contributed by atoms with E-state index in [0.29, 0.717) is 29.5 Å². The van der Waals surface area contributed by atoms with Gasteiger partial charge in [0, 0.05) is 17.2 Å². The van der Waals surface area contributed by atoms with Gasteiger partial charge in [-0.15, -0.1) is 0 Å². The van der Waals surface area contributed by atoms with Gasteiger partial charge in [-0.1, -0.05) is 25.8 Å². The monoisotopic (exact) mass is 330 g/mol. The maximum absolute atomic E-state index is 12.3. The summed E-state index contributed by atoms with van der Waals surface area (Å²) < 4.78 is 0. The normalized spacial score (nSPS) is 23.2. The molecule has 0 aliphatic heterocycles. The van der Waals surface area contributed by atoms with Crippen LogP contribution in [0.5, 0.6) is 0 Å².